The Morgan fingerprint density at radius 3 is 1.81 bits per heavy atom. The van der Waals surface area contributed by atoms with Gasteiger partial charge in [0.05, 0.1) is 14.2 Å². The Labute approximate surface area is 127 Å². The summed E-state index contributed by atoms with van der Waals surface area (Å²) in [7, 11) is 3.40. The smallest absolute Gasteiger partial charge is 0.126 e. The highest BCUT2D eigenvalue weighted by atomic mass is 16.5. The first-order valence-corrected chi connectivity index (χ1v) is 7.14. The topological polar surface area (TPSA) is 18.5 Å². The Bertz CT molecular complexity index is 588. The molecule has 0 saturated carbocycles. The van der Waals surface area contributed by atoms with Gasteiger partial charge in [-0.25, -0.2) is 0 Å². The Kier molecular flexibility index (Phi) is 5.04. The van der Waals surface area contributed by atoms with Gasteiger partial charge in [-0.2, -0.15) is 0 Å². The van der Waals surface area contributed by atoms with Crippen molar-refractivity contribution in [3.05, 3.63) is 59.2 Å². The van der Waals surface area contributed by atoms with Crippen LogP contribution >= 0.6 is 0 Å². The van der Waals surface area contributed by atoms with Crippen LogP contribution in [0.1, 0.15) is 36.5 Å². The summed E-state index contributed by atoms with van der Waals surface area (Å²) in [6.07, 6.45) is 4.16. The van der Waals surface area contributed by atoms with Crippen LogP contribution in [0.2, 0.25) is 0 Å². The average Bonchev–Trinajstić information content (AvgIpc) is 2.52. The number of methoxy groups -OCH3 is 2. The summed E-state index contributed by atoms with van der Waals surface area (Å²) in [6, 6.07) is 14.3. The molecule has 0 heterocycles. The quantitative estimate of drug-likeness (QED) is 0.719. The first kappa shape index (κ1) is 15.2. The highest BCUT2D eigenvalue weighted by Gasteiger charge is 2.14. The van der Waals surface area contributed by atoms with E-state index >= 15 is 0 Å². The fourth-order valence-electron chi connectivity index (χ4n) is 2.38. The van der Waals surface area contributed by atoms with Crippen LogP contribution in [0.15, 0.2) is 42.5 Å². The van der Waals surface area contributed by atoms with E-state index in [9.17, 15) is 0 Å². The zero-order valence-electron chi connectivity index (χ0n) is 13.1. The standard InChI is InChI=1S/C19H22O2/c1-14(2)19-17(20-3)12-16(13-18(19)21-4)11-10-15-8-6-5-7-9-15/h5-14H,1-4H3/b11-10+. The maximum atomic E-state index is 5.53. The van der Waals surface area contributed by atoms with Gasteiger partial charge in [-0.05, 0) is 29.2 Å². The first-order valence-electron chi connectivity index (χ1n) is 7.14. The fraction of sp³-hybridized carbons (Fsp3) is 0.263. The Hall–Kier alpha value is -2.22. The largest absolute Gasteiger partial charge is 0.496 e. The molecule has 0 fully saturated rings. The molecule has 0 atom stereocenters. The summed E-state index contributed by atoms with van der Waals surface area (Å²) >= 11 is 0. The molecule has 0 saturated heterocycles. The van der Waals surface area contributed by atoms with Crippen molar-refractivity contribution in [1.82, 2.24) is 0 Å². The van der Waals surface area contributed by atoms with Crippen LogP contribution in [0, 0.1) is 0 Å². The van der Waals surface area contributed by atoms with Gasteiger partial charge in [0.15, 0.2) is 0 Å². The third-order valence-corrected chi connectivity index (χ3v) is 3.41. The van der Waals surface area contributed by atoms with E-state index in [0.717, 1.165) is 22.6 Å². The van der Waals surface area contributed by atoms with Crippen molar-refractivity contribution in [2.75, 3.05) is 14.2 Å². The minimum Gasteiger partial charge on any atom is -0.496 e. The van der Waals surface area contributed by atoms with E-state index in [0.29, 0.717) is 5.92 Å². The van der Waals surface area contributed by atoms with Crippen LogP contribution in [0.5, 0.6) is 11.5 Å². The minimum atomic E-state index is 0.349. The summed E-state index contributed by atoms with van der Waals surface area (Å²) in [5.41, 5.74) is 3.34. The van der Waals surface area contributed by atoms with Gasteiger partial charge in [-0.3, -0.25) is 0 Å². The Morgan fingerprint density at radius 1 is 0.810 bits per heavy atom. The van der Waals surface area contributed by atoms with E-state index in [1.165, 1.54) is 5.56 Å². The highest BCUT2D eigenvalue weighted by molar-refractivity contribution is 5.72. The molecule has 21 heavy (non-hydrogen) atoms. The van der Waals surface area contributed by atoms with E-state index in [1.54, 1.807) is 14.2 Å². The summed E-state index contributed by atoms with van der Waals surface area (Å²) in [6.45, 7) is 4.28. The van der Waals surface area contributed by atoms with Crippen molar-refractivity contribution >= 4 is 12.2 Å². The maximum absolute atomic E-state index is 5.53. The molecule has 0 aliphatic rings. The van der Waals surface area contributed by atoms with E-state index < -0.39 is 0 Å². The van der Waals surface area contributed by atoms with Crippen LogP contribution in [0.25, 0.3) is 12.2 Å². The van der Waals surface area contributed by atoms with Gasteiger partial charge in [0, 0.05) is 5.56 Å². The lowest BCUT2D eigenvalue weighted by atomic mass is 9.98. The molecule has 0 amide bonds. The van der Waals surface area contributed by atoms with Crippen molar-refractivity contribution in [2.45, 2.75) is 19.8 Å². The second kappa shape index (κ2) is 6.98. The molecule has 2 aromatic rings. The lowest BCUT2D eigenvalue weighted by molar-refractivity contribution is 0.382. The van der Waals surface area contributed by atoms with Gasteiger partial charge in [0.2, 0.25) is 0 Å². The van der Waals surface area contributed by atoms with Crippen LogP contribution in [-0.2, 0) is 0 Å². The molecule has 2 rings (SSSR count). The molecule has 0 spiro atoms. The summed E-state index contributed by atoms with van der Waals surface area (Å²) in [5, 5.41) is 0. The van der Waals surface area contributed by atoms with Crippen LogP contribution in [0.3, 0.4) is 0 Å². The van der Waals surface area contributed by atoms with Gasteiger partial charge in [-0.15, -0.1) is 0 Å². The van der Waals surface area contributed by atoms with E-state index in [-0.39, 0.29) is 0 Å². The minimum absolute atomic E-state index is 0.349. The van der Waals surface area contributed by atoms with Crippen molar-refractivity contribution in [1.29, 1.82) is 0 Å². The number of ether oxygens (including phenoxy) is 2. The van der Waals surface area contributed by atoms with Crippen LogP contribution < -0.4 is 9.47 Å². The predicted molar refractivity (Wildman–Crippen MR) is 89.0 cm³/mol. The predicted octanol–water partition coefficient (Wildman–Crippen LogP) is 5.00. The van der Waals surface area contributed by atoms with Gasteiger partial charge < -0.3 is 9.47 Å². The zero-order valence-corrected chi connectivity index (χ0v) is 13.1. The lowest BCUT2D eigenvalue weighted by Crippen LogP contribution is -1.99. The number of rotatable bonds is 5. The van der Waals surface area contributed by atoms with E-state index in [1.807, 2.05) is 18.2 Å². The van der Waals surface area contributed by atoms with Crippen LogP contribution in [-0.4, -0.2) is 14.2 Å². The molecule has 2 heteroatoms. The highest BCUT2D eigenvalue weighted by Crippen LogP contribution is 2.36. The summed E-state index contributed by atoms with van der Waals surface area (Å²) in [5.74, 6) is 2.09. The van der Waals surface area contributed by atoms with E-state index in [2.05, 4.69) is 50.3 Å². The molecule has 0 bridgehead atoms. The molecule has 0 radical (unpaired) electrons. The fourth-order valence-corrected chi connectivity index (χ4v) is 2.38. The van der Waals surface area contributed by atoms with Crippen molar-refractivity contribution in [3.63, 3.8) is 0 Å². The third kappa shape index (κ3) is 3.66. The molecular formula is C19H22O2. The molecule has 2 nitrogen and oxygen atoms in total. The molecule has 0 aliphatic carbocycles. The lowest BCUT2D eigenvalue weighted by Gasteiger charge is -2.17. The molecule has 0 unspecified atom stereocenters. The summed E-state index contributed by atoms with van der Waals surface area (Å²) < 4.78 is 11.1. The average molecular weight is 282 g/mol. The van der Waals surface area contributed by atoms with Crippen molar-refractivity contribution < 1.29 is 9.47 Å². The monoisotopic (exact) mass is 282 g/mol. The molecule has 0 N–H and O–H groups in total. The van der Waals surface area contributed by atoms with Gasteiger partial charge >= 0.3 is 0 Å². The first-order chi connectivity index (χ1) is 10.2. The second-order valence-corrected chi connectivity index (χ2v) is 5.24. The number of hydrogen-bond donors (Lipinski definition) is 0. The SMILES string of the molecule is COc1cc(/C=C/c2ccccc2)cc(OC)c1C(C)C. The van der Waals surface area contributed by atoms with E-state index in [4.69, 9.17) is 9.47 Å². The maximum Gasteiger partial charge on any atom is 0.126 e. The molecule has 0 aromatic heterocycles. The zero-order chi connectivity index (χ0) is 15.2. The molecule has 110 valence electrons. The third-order valence-electron chi connectivity index (χ3n) is 3.41. The normalized spacial score (nSPS) is 11.1. The number of benzene rings is 2. The Morgan fingerprint density at radius 2 is 1.33 bits per heavy atom. The van der Waals surface area contributed by atoms with Crippen molar-refractivity contribution in [3.8, 4) is 11.5 Å². The van der Waals surface area contributed by atoms with Crippen molar-refractivity contribution in [2.24, 2.45) is 0 Å². The number of hydrogen-bond acceptors (Lipinski definition) is 2. The molecular weight excluding hydrogens is 260 g/mol. The summed E-state index contributed by atoms with van der Waals surface area (Å²) in [4.78, 5) is 0. The van der Waals surface area contributed by atoms with Gasteiger partial charge in [-0.1, -0.05) is 56.3 Å². The van der Waals surface area contributed by atoms with Crippen LogP contribution in [0.4, 0.5) is 0 Å². The molecule has 2 aromatic carbocycles. The van der Waals surface area contributed by atoms with Gasteiger partial charge in [0.25, 0.3) is 0 Å². The second-order valence-electron chi connectivity index (χ2n) is 5.24. The Balaban J connectivity index is 2.39. The van der Waals surface area contributed by atoms with Gasteiger partial charge in [0.1, 0.15) is 11.5 Å². The molecule has 0 aliphatic heterocycles.